The van der Waals surface area contributed by atoms with Crippen LogP contribution in [0.25, 0.3) is 0 Å². The van der Waals surface area contributed by atoms with Crippen molar-refractivity contribution < 1.29 is 4.74 Å². The molecule has 3 rings (SSSR count). The van der Waals surface area contributed by atoms with Crippen LogP contribution in [0.4, 0.5) is 5.95 Å². The van der Waals surface area contributed by atoms with E-state index >= 15 is 0 Å². The molecule has 100 valence electrons. The molecule has 1 unspecified atom stereocenters. The predicted molar refractivity (Wildman–Crippen MR) is 69.0 cm³/mol. The number of hydrogen-bond acceptors (Lipinski definition) is 6. The monoisotopic (exact) mass is 260 g/mol. The van der Waals surface area contributed by atoms with Crippen molar-refractivity contribution in [1.29, 1.82) is 0 Å². The fourth-order valence-corrected chi connectivity index (χ4v) is 2.42. The first-order valence-electron chi connectivity index (χ1n) is 6.33. The highest BCUT2D eigenvalue weighted by Gasteiger charge is 2.27. The van der Waals surface area contributed by atoms with Crippen LogP contribution in [0.5, 0.6) is 5.88 Å². The lowest BCUT2D eigenvalue weighted by Crippen LogP contribution is -2.34. The van der Waals surface area contributed by atoms with Gasteiger partial charge in [-0.25, -0.2) is 9.97 Å². The molecular formula is C12H16N6O. The van der Waals surface area contributed by atoms with Crippen LogP contribution in [0, 0.1) is 0 Å². The maximum absolute atomic E-state index is 5.15. The summed E-state index contributed by atoms with van der Waals surface area (Å²) in [5, 5.41) is 4.15. The van der Waals surface area contributed by atoms with Gasteiger partial charge in [0.15, 0.2) is 0 Å². The largest absolute Gasteiger partial charge is 0.481 e. The Bertz CT molecular complexity index is 529. The van der Waals surface area contributed by atoms with Crippen LogP contribution >= 0.6 is 0 Å². The van der Waals surface area contributed by atoms with E-state index in [2.05, 4.69) is 25.0 Å². The average Bonchev–Trinajstić information content (AvgIpc) is 3.11. The molecule has 1 fully saturated rings. The number of anilines is 1. The first-order chi connectivity index (χ1) is 9.36. The Hall–Kier alpha value is -2.18. The van der Waals surface area contributed by atoms with Gasteiger partial charge in [0.25, 0.3) is 0 Å². The van der Waals surface area contributed by atoms with Gasteiger partial charge in [-0.1, -0.05) is 0 Å². The lowest BCUT2D eigenvalue weighted by atomic mass is 10.2. The van der Waals surface area contributed by atoms with Gasteiger partial charge in [0, 0.05) is 18.8 Å². The Labute approximate surface area is 111 Å². The molecule has 3 heterocycles. The molecular weight excluding hydrogens is 244 g/mol. The second-order valence-corrected chi connectivity index (χ2v) is 4.51. The molecule has 0 saturated carbocycles. The van der Waals surface area contributed by atoms with Crippen molar-refractivity contribution in [2.24, 2.45) is 0 Å². The minimum Gasteiger partial charge on any atom is -0.481 e. The van der Waals surface area contributed by atoms with Crippen LogP contribution in [-0.2, 0) is 6.54 Å². The molecule has 2 aromatic rings. The molecule has 0 radical (unpaired) electrons. The Morgan fingerprint density at radius 1 is 1.47 bits per heavy atom. The molecule has 1 atom stereocenters. The molecule has 0 bridgehead atoms. The van der Waals surface area contributed by atoms with E-state index in [1.807, 2.05) is 4.68 Å². The quantitative estimate of drug-likeness (QED) is 0.808. The van der Waals surface area contributed by atoms with Crippen molar-refractivity contribution >= 4 is 5.95 Å². The van der Waals surface area contributed by atoms with Gasteiger partial charge in [0.1, 0.15) is 12.7 Å². The van der Waals surface area contributed by atoms with Crippen molar-refractivity contribution in [2.45, 2.75) is 25.4 Å². The Morgan fingerprint density at radius 2 is 2.42 bits per heavy atom. The van der Waals surface area contributed by atoms with Crippen LogP contribution in [0.15, 0.2) is 24.9 Å². The van der Waals surface area contributed by atoms with Crippen molar-refractivity contribution in [3.8, 4) is 5.88 Å². The Kier molecular flexibility index (Phi) is 3.26. The first kappa shape index (κ1) is 11.9. The average molecular weight is 260 g/mol. The molecule has 0 N–H and O–H groups in total. The number of methoxy groups -OCH3 is 1. The van der Waals surface area contributed by atoms with Crippen LogP contribution in [0.3, 0.4) is 0 Å². The van der Waals surface area contributed by atoms with Gasteiger partial charge in [-0.15, -0.1) is 0 Å². The van der Waals surface area contributed by atoms with E-state index in [9.17, 15) is 0 Å². The third kappa shape index (κ3) is 2.49. The molecule has 1 aliphatic rings. The third-order valence-corrected chi connectivity index (χ3v) is 3.32. The number of aromatic nitrogens is 5. The number of ether oxygens (including phenoxy) is 1. The molecule has 0 amide bonds. The number of nitrogens with zero attached hydrogens (tertiary/aromatic N) is 6. The van der Waals surface area contributed by atoms with Crippen molar-refractivity contribution in [1.82, 2.24) is 24.7 Å². The summed E-state index contributed by atoms with van der Waals surface area (Å²) in [5.74, 6) is 1.32. The smallest absolute Gasteiger partial charge is 0.228 e. The van der Waals surface area contributed by atoms with Crippen LogP contribution in [0.1, 0.15) is 12.8 Å². The highest BCUT2D eigenvalue weighted by atomic mass is 16.5. The summed E-state index contributed by atoms with van der Waals surface area (Å²) >= 11 is 0. The van der Waals surface area contributed by atoms with Gasteiger partial charge in [0.2, 0.25) is 11.8 Å². The lowest BCUT2D eigenvalue weighted by molar-refractivity contribution is 0.396. The lowest BCUT2D eigenvalue weighted by Gasteiger charge is -2.24. The summed E-state index contributed by atoms with van der Waals surface area (Å²) in [6.07, 6.45) is 7.27. The van der Waals surface area contributed by atoms with Gasteiger partial charge in [-0.2, -0.15) is 10.1 Å². The molecule has 0 aliphatic carbocycles. The number of hydrogen-bond donors (Lipinski definition) is 0. The van der Waals surface area contributed by atoms with Gasteiger partial charge in [-0.05, 0) is 12.8 Å². The maximum atomic E-state index is 5.15. The predicted octanol–water partition coefficient (Wildman–Crippen LogP) is 0.746. The SMILES string of the molecule is COc1ccnc(N2CCCC2Cn2cncn2)n1. The van der Waals surface area contributed by atoms with E-state index in [-0.39, 0.29) is 0 Å². The highest BCUT2D eigenvalue weighted by Crippen LogP contribution is 2.24. The summed E-state index contributed by atoms with van der Waals surface area (Å²) in [4.78, 5) is 14.9. The van der Waals surface area contributed by atoms with E-state index in [4.69, 9.17) is 4.74 Å². The number of rotatable bonds is 4. The van der Waals surface area contributed by atoms with E-state index in [0.717, 1.165) is 31.9 Å². The highest BCUT2D eigenvalue weighted by molar-refractivity contribution is 5.35. The van der Waals surface area contributed by atoms with E-state index < -0.39 is 0 Å². The van der Waals surface area contributed by atoms with Crippen molar-refractivity contribution in [3.05, 3.63) is 24.9 Å². The molecule has 1 aliphatic heterocycles. The van der Waals surface area contributed by atoms with Crippen molar-refractivity contribution in [2.75, 3.05) is 18.6 Å². The third-order valence-electron chi connectivity index (χ3n) is 3.32. The molecule has 7 nitrogen and oxygen atoms in total. The topological polar surface area (TPSA) is 69.0 Å². The summed E-state index contributed by atoms with van der Waals surface area (Å²) < 4.78 is 7.00. The minimum atomic E-state index is 0.355. The van der Waals surface area contributed by atoms with Gasteiger partial charge < -0.3 is 9.64 Å². The molecule has 2 aromatic heterocycles. The first-order valence-corrected chi connectivity index (χ1v) is 6.33. The normalized spacial score (nSPS) is 18.8. The van der Waals surface area contributed by atoms with Gasteiger partial charge >= 0.3 is 0 Å². The van der Waals surface area contributed by atoms with Crippen LogP contribution in [-0.4, -0.2) is 44.4 Å². The maximum Gasteiger partial charge on any atom is 0.228 e. The second kappa shape index (κ2) is 5.21. The molecule has 19 heavy (non-hydrogen) atoms. The summed E-state index contributed by atoms with van der Waals surface area (Å²) in [6.45, 7) is 1.77. The van der Waals surface area contributed by atoms with E-state index in [1.54, 1.807) is 32.0 Å². The summed E-state index contributed by atoms with van der Waals surface area (Å²) in [7, 11) is 1.61. The van der Waals surface area contributed by atoms with Crippen LogP contribution in [0.2, 0.25) is 0 Å². The zero-order valence-corrected chi connectivity index (χ0v) is 10.8. The standard InChI is InChI=1S/C12H16N6O/c1-19-11-4-5-14-12(16-11)18-6-2-3-10(18)7-17-9-13-8-15-17/h4-5,8-10H,2-3,6-7H2,1H3. The molecule has 1 saturated heterocycles. The summed E-state index contributed by atoms with van der Waals surface area (Å²) in [5.41, 5.74) is 0. The minimum absolute atomic E-state index is 0.355. The van der Waals surface area contributed by atoms with Gasteiger partial charge in [0.05, 0.1) is 19.7 Å². The van der Waals surface area contributed by atoms with Crippen LogP contribution < -0.4 is 9.64 Å². The second-order valence-electron chi connectivity index (χ2n) is 4.51. The summed E-state index contributed by atoms with van der Waals surface area (Å²) in [6, 6.07) is 2.11. The molecule has 0 aromatic carbocycles. The van der Waals surface area contributed by atoms with Gasteiger partial charge in [-0.3, -0.25) is 4.68 Å². The molecule has 0 spiro atoms. The molecule has 7 heteroatoms. The fourth-order valence-electron chi connectivity index (χ4n) is 2.42. The van der Waals surface area contributed by atoms with E-state index in [0.29, 0.717) is 11.9 Å². The van der Waals surface area contributed by atoms with E-state index in [1.165, 1.54) is 0 Å². The Morgan fingerprint density at radius 3 is 3.21 bits per heavy atom. The zero-order chi connectivity index (χ0) is 13.1. The fraction of sp³-hybridized carbons (Fsp3) is 0.500. The zero-order valence-electron chi connectivity index (χ0n) is 10.8. The van der Waals surface area contributed by atoms with Crippen molar-refractivity contribution in [3.63, 3.8) is 0 Å². The Balaban J connectivity index is 1.78.